The molecule has 1 heterocycles. The third-order valence-electron chi connectivity index (χ3n) is 4.48. The molecule has 1 aliphatic rings. The second kappa shape index (κ2) is 8.92. The maximum atomic E-state index is 6.26. The van der Waals surface area contributed by atoms with E-state index in [2.05, 4.69) is 21.1 Å². The molecule has 2 aromatic carbocycles. The van der Waals surface area contributed by atoms with Crippen molar-refractivity contribution in [2.75, 3.05) is 40.4 Å². The molecule has 0 atom stereocenters. The van der Waals surface area contributed by atoms with Crippen molar-refractivity contribution in [2.45, 2.75) is 6.54 Å². The van der Waals surface area contributed by atoms with E-state index in [0.717, 1.165) is 49.1 Å². The summed E-state index contributed by atoms with van der Waals surface area (Å²) < 4.78 is 10.6. The van der Waals surface area contributed by atoms with Crippen LogP contribution < -0.4 is 9.47 Å². The molecule has 0 radical (unpaired) electrons. The van der Waals surface area contributed by atoms with Gasteiger partial charge in [-0.1, -0.05) is 29.8 Å². The SMILES string of the molecule is COc1ccc(/C=N\N2CCN(Cc3ccccc3Cl)CC2)cc1OC. The maximum Gasteiger partial charge on any atom is 0.161 e. The first-order chi connectivity index (χ1) is 12.7. The van der Waals surface area contributed by atoms with Gasteiger partial charge in [0.05, 0.1) is 20.4 Å². The largest absolute Gasteiger partial charge is 0.493 e. The molecule has 0 bridgehead atoms. The van der Waals surface area contributed by atoms with E-state index in [-0.39, 0.29) is 0 Å². The lowest BCUT2D eigenvalue weighted by Gasteiger charge is -2.33. The molecule has 138 valence electrons. The fraction of sp³-hybridized carbons (Fsp3) is 0.350. The molecule has 1 aliphatic heterocycles. The number of hydrogen-bond acceptors (Lipinski definition) is 5. The third kappa shape index (κ3) is 4.68. The highest BCUT2D eigenvalue weighted by Gasteiger charge is 2.16. The smallest absolute Gasteiger partial charge is 0.161 e. The summed E-state index contributed by atoms with van der Waals surface area (Å²) in [6, 6.07) is 13.8. The van der Waals surface area contributed by atoms with Gasteiger partial charge < -0.3 is 9.47 Å². The van der Waals surface area contributed by atoms with Gasteiger partial charge in [-0.2, -0.15) is 5.10 Å². The lowest BCUT2D eigenvalue weighted by molar-refractivity contribution is 0.131. The highest BCUT2D eigenvalue weighted by Crippen LogP contribution is 2.27. The summed E-state index contributed by atoms with van der Waals surface area (Å²) in [4.78, 5) is 2.41. The molecule has 1 fully saturated rings. The molecule has 0 spiro atoms. The van der Waals surface area contributed by atoms with Crippen molar-refractivity contribution < 1.29 is 9.47 Å². The molecule has 0 amide bonds. The molecule has 0 N–H and O–H groups in total. The minimum absolute atomic E-state index is 0.709. The van der Waals surface area contributed by atoms with E-state index in [1.807, 2.05) is 42.6 Å². The fourth-order valence-electron chi connectivity index (χ4n) is 2.96. The van der Waals surface area contributed by atoms with Crippen LogP contribution in [0.2, 0.25) is 5.02 Å². The lowest BCUT2D eigenvalue weighted by atomic mass is 10.2. The number of hydrazone groups is 1. The van der Waals surface area contributed by atoms with Gasteiger partial charge in [-0.15, -0.1) is 0 Å². The number of ether oxygens (including phenoxy) is 2. The molecule has 6 heteroatoms. The number of nitrogens with zero attached hydrogens (tertiary/aromatic N) is 3. The van der Waals surface area contributed by atoms with Crippen LogP contribution in [0.25, 0.3) is 0 Å². The molecule has 0 saturated carbocycles. The van der Waals surface area contributed by atoms with Crippen LogP contribution in [0.5, 0.6) is 11.5 Å². The van der Waals surface area contributed by atoms with E-state index in [0.29, 0.717) is 5.75 Å². The van der Waals surface area contributed by atoms with Crippen molar-refractivity contribution in [2.24, 2.45) is 5.10 Å². The van der Waals surface area contributed by atoms with Crippen molar-refractivity contribution in [3.63, 3.8) is 0 Å². The third-order valence-corrected chi connectivity index (χ3v) is 4.85. The van der Waals surface area contributed by atoms with Crippen molar-refractivity contribution in [3.8, 4) is 11.5 Å². The molecule has 3 rings (SSSR count). The zero-order valence-corrected chi connectivity index (χ0v) is 15.9. The van der Waals surface area contributed by atoms with Crippen molar-refractivity contribution in [1.82, 2.24) is 9.91 Å². The Morgan fingerprint density at radius 3 is 2.42 bits per heavy atom. The molecular formula is C20H24ClN3O2. The first kappa shape index (κ1) is 18.5. The van der Waals surface area contributed by atoms with E-state index >= 15 is 0 Å². The maximum absolute atomic E-state index is 6.26. The van der Waals surface area contributed by atoms with Crippen molar-refractivity contribution in [1.29, 1.82) is 0 Å². The van der Waals surface area contributed by atoms with Gasteiger partial charge in [0.1, 0.15) is 0 Å². The van der Waals surface area contributed by atoms with E-state index < -0.39 is 0 Å². The van der Waals surface area contributed by atoms with E-state index in [9.17, 15) is 0 Å². The minimum Gasteiger partial charge on any atom is -0.493 e. The first-order valence-electron chi connectivity index (χ1n) is 8.66. The van der Waals surface area contributed by atoms with Gasteiger partial charge in [0, 0.05) is 37.7 Å². The summed E-state index contributed by atoms with van der Waals surface area (Å²) in [5, 5.41) is 7.53. The minimum atomic E-state index is 0.709. The fourth-order valence-corrected chi connectivity index (χ4v) is 3.16. The van der Waals surface area contributed by atoms with Gasteiger partial charge in [-0.25, -0.2) is 0 Å². The van der Waals surface area contributed by atoms with Gasteiger partial charge in [0.15, 0.2) is 11.5 Å². The standard InChI is InChI=1S/C20H24ClN3O2/c1-25-19-8-7-16(13-20(19)26-2)14-22-24-11-9-23(10-12-24)15-17-5-3-4-6-18(17)21/h3-8,13-14H,9-12,15H2,1-2H3/b22-14-. The number of benzene rings is 2. The van der Waals surface area contributed by atoms with Gasteiger partial charge in [-0.3, -0.25) is 9.91 Å². The van der Waals surface area contributed by atoms with Crippen LogP contribution in [0.3, 0.4) is 0 Å². The Morgan fingerprint density at radius 2 is 1.73 bits per heavy atom. The summed E-state index contributed by atoms with van der Waals surface area (Å²) in [5.74, 6) is 1.43. The zero-order valence-electron chi connectivity index (χ0n) is 15.2. The lowest BCUT2D eigenvalue weighted by Crippen LogP contribution is -2.43. The predicted molar refractivity (Wildman–Crippen MR) is 105 cm³/mol. The Morgan fingerprint density at radius 1 is 1.00 bits per heavy atom. The van der Waals surface area contributed by atoms with Crippen LogP contribution in [0.15, 0.2) is 47.6 Å². The highest BCUT2D eigenvalue weighted by atomic mass is 35.5. The van der Waals surface area contributed by atoms with Gasteiger partial charge in [-0.05, 0) is 35.4 Å². The molecule has 0 aliphatic carbocycles. The Labute approximate surface area is 159 Å². The van der Waals surface area contributed by atoms with Crippen LogP contribution in [-0.4, -0.2) is 56.5 Å². The van der Waals surface area contributed by atoms with Crippen LogP contribution in [0.4, 0.5) is 0 Å². The molecule has 0 aromatic heterocycles. The monoisotopic (exact) mass is 373 g/mol. The second-order valence-corrected chi connectivity index (χ2v) is 6.59. The Bertz CT molecular complexity index is 758. The summed E-state index contributed by atoms with van der Waals surface area (Å²) in [7, 11) is 3.27. The average Bonchev–Trinajstić information content (AvgIpc) is 2.69. The first-order valence-corrected chi connectivity index (χ1v) is 9.04. The summed E-state index contributed by atoms with van der Waals surface area (Å²) >= 11 is 6.26. The summed E-state index contributed by atoms with van der Waals surface area (Å²) in [5.41, 5.74) is 2.16. The van der Waals surface area contributed by atoms with Crippen molar-refractivity contribution in [3.05, 3.63) is 58.6 Å². The summed E-state index contributed by atoms with van der Waals surface area (Å²) in [6.45, 7) is 4.61. The molecule has 5 nitrogen and oxygen atoms in total. The normalized spacial score (nSPS) is 15.4. The van der Waals surface area contributed by atoms with E-state index in [1.165, 1.54) is 5.56 Å². The van der Waals surface area contributed by atoms with E-state index in [1.54, 1.807) is 14.2 Å². The zero-order chi connectivity index (χ0) is 18.4. The Hall–Kier alpha value is -2.24. The topological polar surface area (TPSA) is 37.3 Å². The number of halogens is 1. The molecule has 2 aromatic rings. The Balaban J connectivity index is 1.54. The van der Waals surface area contributed by atoms with Gasteiger partial charge >= 0.3 is 0 Å². The van der Waals surface area contributed by atoms with Gasteiger partial charge in [0.2, 0.25) is 0 Å². The number of methoxy groups -OCH3 is 2. The van der Waals surface area contributed by atoms with Crippen LogP contribution >= 0.6 is 11.6 Å². The highest BCUT2D eigenvalue weighted by molar-refractivity contribution is 6.31. The summed E-state index contributed by atoms with van der Waals surface area (Å²) in [6.07, 6.45) is 1.87. The molecular weight excluding hydrogens is 350 g/mol. The number of hydrogen-bond donors (Lipinski definition) is 0. The average molecular weight is 374 g/mol. The van der Waals surface area contributed by atoms with Crippen LogP contribution in [0, 0.1) is 0 Å². The molecule has 0 unspecified atom stereocenters. The van der Waals surface area contributed by atoms with E-state index in [4.69, 9.17) is 21.1 Å². The van der Waals surface area contributed by atoms with Crippen LogP contribution in [0.1, 0.15) is 11.1 Å². The molecule has 1 saturated heterocycles. The van der Waals surface area contributed by atoms with Crippen molar-refractivity contribution >= 4 is 17.8 Å². The quantitative estimate of drug-likeness (QED) is 0.726. The van der Waals surface area contributed by atoms with Crippen LogP contribution in [-0.2, 0) is 6.54 Å². The molecule has 26 heavy (non-hydrogen) atoms. The number of rotatable bonds is 6. The predicted octanol–water partition coefficient (Wildman–Crippen LogP) is 3.51. The van der Waals surface area contributed by atoms with Gasteiger partial charge in [0.25, 0.3) is 0 Å². The second-order valence-electron chi connectivity index (χ2n) is 6.18. The Kier molecular flexibility index (Phi) is 6.36. The number of piperazine rings is 1.